The van der Waals surface area contributed by atoms with E-state index in [0.29, 0.717) is 38.9 Å². The molecule has 0 spiro atoms. The van der Waals surface area contributed by atoms with Gasteiger partial charge in [0.05, 0.1) is 0 Å². The van der Waals surface area contributed by atoms with Crippen LogP contribution < -0.4 is 5.32 Å². The van der Waals surface area contributed by atoms with Crippen LogP contribution in [-0.4, -0.2) is 58.3 Å². The summed E-state index contributed by atoms with van der Waals surface area (Å²) in [5, 5.41) is 11.6. The highest BCUT2D eigenvalue weighted by atomic mass is 79.9. The first kappa shape index (κ1) is 35.1. The van der Waals surface area contributed by atoms with E-state index in [0.717, 1.165) is 9.54 Å². The zero-order chi connectivity index (χ0) is 33.0. The highest BCUT2D eigenvalue weighted by Crippen LogP contribution is 2.30. The lowest BCUT2D eigenvalue weighted by Crippen LogP contribution is -2.44. The molecule has 0 radical (unpaired) electrons. The molecule has 4 heterocycles. The number of halogens is 2. The molecule has 44 heavy (non-hydrogen) atoms. The number of nitrogens with one attached hydrogen (secondary N) is 1. The van der Waals surface area contributed by atoms with E-state index in [4.69, 9.17) is 5.11 Å². The third kappa shape index (κ3) is 7.65. The molecule has 12 nitrogen and oxygen atoms in total. The molecule has 236 valence electrons. The fraction of sp³-hybridized carbons (Fsp3) is 0.286. The summed E-state index contributed by atoms with van der Waals surface area (Å²) in [6.45, 7) is 9.07. The molecule has 0 aliphatic rings. The number of rotatable bonds is 8. The fourth-order valence-electron chi connectivity index (χ4n) is 4.24. The average molecular weight is 774 g/mol. The van der Waals surface area contributed by atoms with Gasteiger partial charge in [-0.3, -0.25) is 14.8 Å². The maximum atomic E-state index is 12.9. The van der Waals surface area contributed by atoms with Crippen molar-refractivity contribution in [1.29, 1.82) is 0 Å². The molecule has 0 bridgehead atoms. The summed E-state index contributed by atoms with van der Waals surface area (Å²) in [6.07, 6.45) is 5.45. The Morgan fingerprint density at radius 2 is 1.41 bits per heavy atom. The van der Waals surface area contributed by atoms with Gasteiger partial charge in [-0.05, 0) is 99.5 Å². The van der Waals surface area contributed by atoms with Crippen molar-refractivity contribution in [2.24, 2.45) is 5.41 Å². The molecule has 0 saturated carbocycles. The van der Waals surface area contributed by atoms with Crippen LogP contribution in [0.5, 0.6) is 0 Å². The van der Waals surface area contributed by atoms with Gasteiger partial charge in [0.2, 0.25) is 0 Å². The summed E-state index contributed by atoms with van der Waals surface area (Å²) in [5.74, 6) is 0. The van der Waals surface area contributed by atoms with Crippen LogP contribution in [0.2, 0.25) is 0 Å². The van der Waals surface area contributed by atoms with Crippen LogP contribution in [0.4, 0.5) is 4.79 Å². The lowest BCUT2D eigenvalue weighted by Gasteiger charge is -2.30. The van der Waals surface area contributed by atoms with Crippen LogP contribution in [-0.2, 0) is 26.5 Å². The summed E-state index contributed by atoms with van der Waals surface area (Å²) in [7, 11) is -7.54. The summed E-state index contributed by atoms with van der Waals surface area (Å²) in [6, 6.07) is 8.85. The minimum atomic E-state index is -3.80. The van der Waals surface area contributed by atoms with Crippen LogP contribution in [0.15, 0.2) is 80.2 Å². The van der Waals surface area contributed by atoms with E-state index < -0.39 is 26.1 Å². The van der Waals surface area contributed by atoms with Gasteiger partial charge in [-0.25, -0.2) is 29.6 Å². The first-order valence-corrected chi connectivity index (χ1v) is 17.4. The molecular weight excluding hydrogens is 742 g/mol. The van der Waals surface area contributed by atoms with Gasteiger partial charge >= 0.3 is 6.09 Å². The highest BCUT2D eigenvalue weighted by Gasteiger charge is 2.30. The van der Waals surface area contributed by atoms with E-state index in [-0.39, 0.29) is 21.2 Å². The van der Waals surface area contributed by atoms with Crippen LogP contribution in [0.25, 0.3) is 0 Å². The minimum Gasteiger partial charge on any atom is -0.465 e. The van der Waals surface area contributed by atoms with Crippen molar-refractivity contribution < 1.29 is 31.5 Å². The number of hydrogen-bond donors (Lipinski definition) is 2. The van der Waals surface area contributed by atoms with Gasteiger partial charge in [-0.2, -0.15) is 0 Å². The second-order valence-electron chi connectivity index (χ2n) is 10.7. The smallest absolute Gasteiger partial charge is 0.404 e. The maximum Gasteiger partial charge on any atom is 0.404 e. The van der Waals surface area contributed by atoms with Crippen LogP contribution in [0, 0.1) is 19.3 Å². The number of pyridine rings is 2. The van der Waals surface area contributed by atoms with Crippen molar-refractivity contribution in [3.05, 3.63) is 92.9 Å². The van der Waals surface area contributed by atoms with Gasteiger partial charge in [0, 0.05) is 47.8 Å². The van der Waals surface area contributed by atoms with Gasteiger partial charge in [-0.15, -0.1) is 0 Å². The van der Waals surface area contributed by atoms with E-state index in [1.807, 2.05) is 20.8 Å². The predicted molar refractivity (Wildman–Crippen MR) is 171 cm³/mol. The Hall–Kier alpha value is -3.34. The number of aldehydes is 1. The van der Waals surface area contributed by atoms with Gasteiger partial charge in [0.1, 0.15) is 19.0 Å². The Morgan fingerprint density at radius 1 is 0.932 bits per heavy atom. The second kappa shape index (κ2) is 13.7. The minimum absolute atomic E-state index is 0.0712. The van der Waals surface area contributed by atoms with E-state index in [1.165, 1.54) is 47.0 Å². The molecule has 0 saturated heterocycles. The van der Waals surface area contributed by atoms with Gasteiger partial charge in [0.25, 0.3) is 20.0 Å². The van der Waals surface area contributed by atoms with Gasteiger partial charge in [-0.1, -0.05) is 20.8 Å². The topological polar surface area (TPSA) is 170 Å². The summed E-state index contributed by atoms with van der Waals surface area (Å²) >= 11 is 6.47. The summed E-state index contributed by atoms with van der Waals surface area (Å²) < 4.78 is 53.6. The zero-order valence-corrected chi connectivity index (χ0v) is 29.2. The molecule has 0 fully saturated rings. The molecule has 16 heteroatoms. The third-order valence-corrected chi connectivity index (χ3v) is 11.9. The Labute approximate surface area is 272 Å². The van der Waals surface area contributed by atoms with Crippen molar-refractivity contribution in [3.8, 4) is 0 Å². The molecule has 4 aromatic rings. The van der Waals surface area contributed by atoms with Crippen molar-refractivity contribution >= 4 is 64.3 Å². The molecule has 0 aromatic carbocycles. The number of hydrogen-bond acceptors (Lipinski definition) is 8. The first-order chi connectivity index (χ1) is 20.4. The van der Waals surface area contributed by atoms with Gasteiger partial charge < -0.3 is 10.4 Å². The predicted octanol–water partition coefficient (Wildman–Crippen LogP) is 5.42. The Kier molecular flexibility index (Phi) is 11.0. The summed E-state index contributed by atoms with van der Waals surface area (Å²) in [4.78, 5) is 29.7. The van der Waals surface area contributed by atoms with Crippen LogP contribution in [0.3, 0.4) is 0 Å². The monoisotopic (exact) mass is 771 g/mol. The van der Waals surface area contributed by atoms with E-state index in [2.05, 4.69) is 47.1 Å². The lowest BCUT2D eigenvalue weighted by atomic mass is 9.83. The number of aromatic nitrogens is 4. The molecule has 4 aromatic heterocycles. The number of carbonyl (C=O) groups is 2. The number of amides is 1. The molecule has 1 unspecified atom stereocenters. The molecule has 4 rings (SSSR count). The van der Waals surface area contributed by atoms with E-state index in [1.54, 1.807) is 32.0 Å². The van der Waals surface area contributed by atoms with Crippen LogP contribution in [0.1, 0.15) is 48.1 Å². The Balaban J connectivity index is 0.000000257. The second-order valence-corrected chi connectivity index (χ2v) is 15.9. The zero-order valence-electron chi connectivity index (χ0n) is 24.4. The Morgan fingerprint density at radius 3 is 1.80 bits per heavy atom. The van der Waals surface area contributed by atoms with E-state index in [9.17, 15) is 26.4 Å². The first-order valence-electron chi connectivity index (χ1n) is 12.9. The number of nitrogens with zero attached hydrogens (tertiary/aromatic N) is 4. The van der Waals surface area contributed by atoms with Gasteiger partial charge in [0.15, 0.2) is 6.29 Å². The molecule has 1 atom stereocenters. The lowest BCUT2D eigenvalue weighted by molar-refractivity contribution is 0.112. The normalized spacial score (nSPS) is 12.6. The maximum absolute atomic E-state index is 12.9. The SMILES string of the molecule is Cc1c(C=O)cc(Br)n1S(=O)(=O)c1cccnc1.Cc1c(CC(NC(=O)O)C(C)(C)C)cc(Br)n1S(=O)(=O)c1cccnc1. The quantitative estimate of drug-likeness (QED) is 0.222. The van der Waals surface area contributed by atoms with Crippen molar-refractivity contribution in [1.82, 2.24) is 23.2 Å². The molecular formula is C28H31Br2N5O7S2. The average Bonchev–Trinajstić information content (AvgIpc) is 3.41. The molecule has 1 amide bonds. The fourth-order valence-corrected chi connectivity index (χ4v) is 9.25. The standard InChI is InChI=1S/C17H22BrN3O4S.C11H9BrN2O3S/c1-11-12(8-14(17(2,3)4)20-16(22)23)9-15(18)21(11)26(24,25)13-6-5-7-19-10-13;1-8-9(7-15)5-11(12)14(8)18(16,17)10-3-2-4-13-6-10/h5-7,9-10,14,20H,8H2,1-4H3,(H,22,23);2-7H,1H3. The number of carbonyl (C=O) groups excluding carboxylic acids is 1. The van der Waals surface area contributed by atoms with E-state index >= 15 is 0 Å². The number of carboxylic acid groups (broad SMARTS) is 1. The van der Waals surface area contributed by atoms with Crippen molar-refractivity contribution in [3.63, 3.8) is 0 Å². The molecule has 0 aliphatic heterocycles. The molecule has 0 aliphatic carbocycles. The highest BCUT2D eigenvalue weighted by molar-refractivity contribution is 9.10. The Bertz CT molecular complexity index is 1870. The largest absolute Gasteiger partial charge is 0.465 e. The van der Waals surface area contributed by atoms with Crippen molar-refractivity contribution in [2.45, 2.75) is 56.9 Å². The third-order valence-electron chi connectivity index (χ3n) is 6.69. The van der Waals surface area contributed by atoms with Crippen molar-refractivity contribution in [2.75, 3.05) is 0 Å². The molecule has 2 N–H and O–H groups in total. The summed E-state index contributed by atoms with van der Waals surface area (Å²) in [5.41, 5.74) is 1.64. The van der Waals surface area contributed by atoms with Crippen LogP contribution >= 0.6 is 31.9 Å².